The van der Waals surface area contributed by atoms with Gasteiger partial charge >= 0.3 is 5.97 Å². The van der Waals surface area contributed by atoms with Crippen molar-refractivity contribution in [3.63, 3.8) is 0 Å². The number of nitrogens with one attached hydrogen (secondary N) is 1. The second-order valence-electron chi connectivity index (χ2n) is 5.39. The van der Waals surface area contributed by atoms with Gasteiger partial charge in [0.05, 0.1) is 12.1 Å². The Kier molecular flexibility index (Phi) is 4.76. The number of hydrogen-bond acceptors (Lipinski definition) is 5. The molecule has 112 valence electrons. The second kappa shape index (κ2) is 6.55. The highest BCUT2D eigenvalue weighted by atomic mass is 16.4. The van der Waals surface area contributed by atoms with Gasteiger partial charge in [-0.25, -0.2) is 4.98 Å². The number of carboxylic acids is 1. The fourth-order valence-electron chi connectivity index (χ4n) is 2.68. The minimum atomic E-state index is -0.791. The number of pyridine rings is 1. The van der Waals surface area contributed by atoms with E-state index in [2.05, 4.69) is 16.4 Å². The molecule has 2 N–H and O–H groups in total. The highest BCUT2D eigenvalue weighted by Gasteiger charge is 2.34. The summed E-state index contributed by atoms with van der Waals surface area (Å²) in [7, 11) is 0. The molecule has 0 spiro atoms. The van der Waals surface area contributed by atoms with Crippen molar-refractivity contribution in [2.45, 2.75) is 38.8 Å². The van der Waals surface area contributed by atoms with Gasteiger partial charge in [0.25, 0.3) is 0 Å². The largest absolute Gasteiger partial charge is 0.480 e. The summed E-state index contributed by atoms with van der Waals surface area (Å²) < 4.78 is 0. The van der Waals surface area contributed by atoms with E-state index in [1.54, 1.807) is 6.20 Å². The molecule has 6 nitrogen and oxygen atoms in total. The van der Waals surface area contributed by atoms with E-state index in [0.717, 1.165) is 24.9 Å². The van der Waals surface area contributed by atoms with Crippen molar-refractivity contribution in [3.8, 4) is 6.07 Å². The lowest BCUT2D eigenvalue weighted by molar-refractivity contribution is -0.139. The van der Waals surface area contributed by atoms with Gasteiger partial charge in [0.1, 0.15) is 11.9 Å². The van der Waals surface area contributed by atoms with Crippen LogP contribution in [0.15, 0.2) is 12.3 Å². The van der Waals surface area contributed by atoms with Gasteiger partial charge in [-0.15, -0.1) is 0 Å². The zero-order chi connectivity index (χ0) is 15.4. The molecule has 1 aliphatic rings. The summed E-state index contributed by atoms with van der Waals surface area (Å²) in [5.74, 6) is -0.164. The smallest absolute Gasteiger partial charge is 0.317 e. The van der Waals surface area contributed by atoms with E-state index in [9.17, 15) is 10.1 Å². The van der Waals surface area contributed by atoms with Crippen LogP contribution >= 0.6 is 0 Å². The number of carbonyl (C=O) groups is 1. The Balaban J connectivity index is 1.93. The summed E-state index contributed by atoms with van der Waals surface area (Å²) in [5, 5.41) is 21.4. The summed E-state index contributed by atoms with van der Waals surface area (Å²) in [6.07, 6.45) is 3.45. The average Bonchev–Trinajstić information content (AvgIpc) is 2.40. The fraction of sp³-hybridized carbons (Fsp3) is 0.533. The molecule has 0 aromatic carbocycles. The summed E-state index contributed by atoms with van der Waals surface area (Å²) in [6.45, 7) is 4.68. The lowest BCUT2D eigenvalue weighted by atomic mass is 9.85. The SMILES string of the molecule is CCN(CC(=O)O)C1CC(Nc2nccc(C)c2C#N)C1. The third-order valence-electron chi connectivity index (χ3n) is 3.99. The Morgan fingerprint density at radius 1 is 1.62 bits per heavy atom. The third-order valence-corrected chi connectivity index (χ3v) is 3.99. The van der Waals surface area contributed by atoms with Crippen LogP contribution in [-0.4, -0.2) is 46.1 Å². The molecule has 1 saturated carbocycles. The highest BCUT2D eigenvalue weighted by Crippen LogP contribution is 2.29. The van der Waals surface area contributed by atoms with Crippen molar-refractivity contribution in [2.24, 2.45) is 0 Å². The molecule has 2 rings (SSSR count). The molecular weight excluding hydrogens is 268 g/mol. The average molecular weight is 288 g/mol. The standard InChI is InChI=1S/C15H20N4O2/c1-3-19(9-14(20)21)12-6-11(7-12)18-15-13(8-16)10(2)4-5-17-15/h4-5,11-12H,3,6-7,9H2,1-2H3,(H,17,18)(H,20,21). The van der Waals surface area contributed by atoms with Gasteiger partial charge in [-0.3, -0.25) is 9.69 Å². The van der Waals surface area contributed by atoms with Gasteiger partial charge in [0, 0.05) is 18.3 Å². The van der Waals surface area contributed by atoms with E-state index < -0.39 is 5.97 Å². The lowest BCUT2D eigenvalue weighted by Crippen LogP contribution is -2.51. The predicted octanol–water partition coefficient (Wildman–Crippen LogP) is 1.61. The first-order valence-electron chi connectivity index (χ1n) is 7.13. The molecule has 1 aromatic heterocycles. The molecule has 0 saturated heterocycles. The van der Waals surface area contributed by atoms with E-state index >= 15 is 0 Å². The summed E-state index contributed by atoms with van der Waals surface area (Å²) in [5.41, 5.74) is 1.49. The van der Waals surface area contributed by atoms with Crippen LogP contribution < -0.4 is 5.32 Å². The molecule has 1 aromatic rings. The molecule has 0 radical (unpaired) electrons. The monoisotopic (exact) mass is 288 g/mol. The minimum Gasteiger partial charge on any atom is -0.480 e. The van der Waals surface area contributed by atoms with Crippen molar-refractivity contribution >= 4 is 11.8 Å². The van der Waals surface area contributed by atoms with Gasteiger partial charge in [0.2, 0.25) is 0 Å². The maximum atomic E-state index is 10.8. The lowest BCUT2D eigenvalue weighted by Gasteiger charge is -2.42. The number of nitrogens with zero attached hydrogens (tertiary/aromatic N) is 3. The molecule has 1 heterocycles. The first kappa shape index (κ1) is 15.3. The van der Waals surface area contributed by atoms with Gasteiger partial charge in [-0.2, -0.15) is 5.26 Å². The zero-order valence-corrected chi connectivity index (χ0v) is 12.3. The number of rotatable bonds is 6. The Hall–Kier alpha value is -2.13. The molecule has 0 amide bonds. The number of hydrogen-bond donors (Lipinski definition) is 2. The number of aromatic nitrogens is 1. The molecule has 0 bridgehead atoms. The number of nitriles is 1. The predicted molar refractivity (Wildman–Crippen MR) is 79.0 cm³/mol. The second-order valence-corrected chi connectivity index (χ2v) is 5.39. The topological polar surface area (TPSA) is 89.2 Å². The van der Waals surface area contributed by atoms with Crippen LogP contribution in [0.2, 0.25) is 0 Å². The molecular formula is C15H20N4O2. The maximum Gasteiger partial charge on any atom is 0.317 e. The van der Waals surface area contributed by atoms with Crippen LogP contribution in [0.5, 0.6) is 0 Å². The molecule has 0 unspecified atom stereocenters. The quantitative estimate of drug-likeness (QED) is 0.826. The number of likely N-dealkylation sites (N-methyl/N-ethyl adjacent to an activating group) is 1. The van der Waals surface area contributed by atoms with Crippen molar-refractivity contribution in [3.05, 3.63) is 23.4 Å². The van der Waals surface area contributed by atoms with Crippen LogP contribution in [-0.2, 0) is 4.79 Å². The number of carboxylic acid groups (broad SMARTS) is 1. The van der Waals surface area contributed by atoms with E-state index in [0.29, 0.717) is 17.4 Å². The highest BCUT2D eigenvalue weighted by molar-refractivity contribution is 5.69. The number of aryl methyl sites for hydroxylation is 1. The van der Waals surface area contributed by atoms with Crippen LogP contribution in [0.1, 0.15) is 30.9 Å². The first-order chi connectivity index (χ1) is 10.0. The van der Waals surface area contributed by atoms with Crippen LogP contribution in [0.3, 0.4) is 0 Å². The number of aliphatic carboxylic acids is 1. The minimum absolute atomic E-state index is 0.0834. The van der Waals surface area contributed by atoms with Crippen molar-refractivity contribution in [1.29, 1.82) is 5.26 Å². The Bertz CT molecular complexity index is 561. The molecule has 0 atom stereocenters. The molecule has 1 fully saturated rings. The van der Waals surface area contributed by atoms with Crippen molar-refractivity contribution < 1.29 is 9.90 Å². The first-order valence-corrected chi connectivity index (χ1v) is 7.13. The summed E-state index contributed by atoms with van der Waals surface area (Å²) in [6, 6.07) is 4.53. The van der Waals surface area contributed by atoms with Crippen LogP contribution in [0.4, 0.5) is 5.82 Å². The molecule has 0 aliphatic heterocycles. The van der Waals surface area contributed by atoms with E-state index in [1.165, 1.54) is 0 Å². The van der Waals surface area contributed by atoms with Crippen LogP contribution in [0.25, 0.3) is 0 Å². The van der Waals surface area contributed by atoms with E-state index in [-0.39, 0.29) is 12.6 Å². The number of anilines is 1. The fourth-order valence-corrected chi connectivity index (χ4v) is 2.68. The Morgan fingerprint density at radius 2 is 2.33 bits per heavy atom. The van der Waals surface area contributed by atoms with Crippen molar-refractivity contribution in [2.75, 3.05) is 18.4 Å². The van der Waals surface area contributed by atoms with Gasteiger partial charge in [-0.1, -0.05) is 6.92 Å². The normalized spacial score (nSPS) is 20.7. The van der Waals surface area contributed by atoms with Gasteiger partial charge in [0.15, 0.2) is 0 Å². The Labute approximate surface area is 124 Å². The maximum absolute atomic E-state index is 10.8. The Morgan fingerprint density at radius 3 is 2.90 bits per heavy atom. The van der Waals surface area contributed by atoms with E-state index in [4.69, 9.17) is 5.11 Å². The zero-order valence-electron chi connectivity index (χ0n) is 12.3. The molecule has 21 heavy (non-hydrogen) atoms. The molecule has 1 aliphatic carbocycles. The van der Waals surface area contributed by atoms with Crippen LogP contribution in [0, 0.1) is 18.3 Å². The summed E-state index contributed by atoms with van der Waals surface area (Å²) >= 11 is 0. The van der Waals surface area contributed by atoms with Gasteiger partial charge < -0.3 is 10.4 Å². The van der Waals surface area contributed by atoms with E-state index in [1.807, 2.05) is 24.8 Å². The summed E-state index contributed by atoms with van der Waals surface area (Å²) in [4.78, 5) is 17.0. The molecule has 6 heteroatoms. The van der Waals surface area contributed by atoms with Crippen molar-refractivity contribution in [1.82, 2.24) is 9.88 Å². The van der Waals surface area contributed by atoms with Gasteiger partial charge in [-0.05, 0) is 37.9 Å². The third kappa shape index (κ3) is 3.50.